The summed E-state index contributed by atoms with van der Waals surface area (Å²) < 4.78 is 18.2. The van der Waals surface area contributed by atoms with E-state index in [9.17, 15) is 4.39 Å². The van der Waals surface area contributed by atoms with E-state index in [0.29, 0.717) is 11.4 Å². The highest BCUT2D eigenvalue weighted by atomic mass is 19.1. The molecule has 0 spiro atoms. The highest BCUT2D eigenvalue weighted by Gasteiger charge is 2.07. The van der Waals surface area contributed by atoms with Crippen molar-refractivity contribution < 1.29 is 9.13 Å². The minimum Gasteiger partial charge on any atom is -0.489 e. The fraction of sp³-hybridized carbons (Fsp3) is 0.333. The Morgan fingerprint density at radius 1 is 1.23 bits per heavy atom. The van der Waals surface area contributed by atoms with Crippen LogP contribution in [-0.2, 0) is 0 Å². The second-order valence-corrected chi connectivity index (χ2v) is 3.08. The van der Waals surface area contributed by atoms with Crippen LogP contribution in [0.15, 0.2) is 12.1 Å². The van der Waals surface area contributed by atoms with Gasteiger partial charge >= 0.3 is 0 Å². The first kappa shape index (κ1) is 9.64. The summed E-state index contributed by atoms with van der Waals surface area (Å²) in [4.78, 5) is 0. The first-order valence-corrected chi connectivity index (χ1v) is 4.02. The normalized spacial score (nSPS) is 10.5. The maximum Gasteiger partial charge on any atom is 0.149 e. The maximum absolute atomic E-state index is 12.9. The third-order valence-electron chi connectivity index (χ3n) is 1.49. The summed E-state index contributed by atoms with van der Waals surface area (Å²) in [5, 5.41) is 0. The van der Waals surface area contributed by atoms with Gasteiger partial charge in [0, 0.05) is 6.07 Å². The van der Waals surface area contributed by atoms with E-state index in [-0.39, 0.29) is 11.8 Å². The van der Waals surface area contributed by atoms with Gasteiger partial charge in [0.25, 0.3) is 0 Å². The van der Waals surface area contributed by atoms with Crippen LogP contribution in [0.2, 0.25) is 0 Å². The summed E-state index contributed by atoms with van der Waals surface area (Å²) in [7, 11) is 0. The Balaban J connectivity index is 3.01. The Bertz CT molecular complexity index is 313. The molecule has 3 nitrogen and oxygen atoms in total. The van der Waals surface area contributed by atoms with Crippen LogP contribution in [0.5, 0.6) is 5.75 Å². The van der Waals surface area contributed by atoms with Crippen molar-refractivity contribution in [3.8, 4) is 5.75 Å². The molecule has 72 valence electrons. The highest BCUT2D eigenvalue weighted by Crippen LogP contribution is 2.27. The van der Waals surface area contributed by atoms with E-state index in [0.717, 1.165) is 0 Å². The predicted octanol–water partition coefficient (Wildman–Crippen LogP) is 1.78. The minimum absolute atomic E-state index is 0.0357. The number of anilines is 2. The topological polar surface area (TPSA) is 61.3 Å². The number of benzene rings is 1. The molecule has 0 saturated heterocycles. The number of nitrogens with two attached hydrogens (primary N) is 2. The zero-order chi connectivity index (χ0) is 10.0. The summed E-state index contributed by atoms with van der Waals surface area (Å²) in [6.07, 6.45) is -0.0367. The molecule has 0 aliphatic carbocycles. The largest absolute Gasteiger partial charge is 0.489 e. The summed E-state index contributed by atoms with van der Waals surface area (Å²) in [5.41, 5.74) is 11.3. The van der Waals surface area contributed by atoms with Crippen molar-refractivity contribution in [1.82, 2.24) is 0 Å². The van der Waals surface area contributed by atoms with E-state index >= 15 is 0 Å². The second-order valence-electron chi connectivity index (χ2n) is 3.08. The Kier molecular flexibility index (Phi) is 2.60. The summed E-state index contributed by atoms with van der Waals surface area (Å²) in [5.74, 6) is -0.174. The van der Waals surface area contributed by atoms with Crippen LogP contribution in [-0.4, -0.2) is 6.10 Å². The van der Waals surface area contributed by atoms with Crippen LogP contribution >= 0.6 is 0 Å². The summed E-state index contributed by atoms with van der Waals surface area (Å²) in [6.45, 7) is 3.68. The van der Waals surface area contributed by atoms with Crippen molar-refractivity contribution >= 4 is 11.4 Å². The smallest absolute Gasteiger partial charge is 0.149 e. The molecule has 13 heavy (non-hydrogen) atoms. The van der Waals surface area contributed by atoms with Crippen molar-refractivity contribution in [1.29, 1.82) is 0 Å². The van der Waals surface area contributed by atoms with E-state index in [1.807, 2.05) is 13.8 Å². The lowest BCUT2D eigenvalue weighted by Gasteiger charge is -2.12. The van der Waals surface area contributed by atoms with Crippen molar-refractivity contribution in [3.63, 3.8) is 0 Å². The molecule has 0 amide bonds. The molecule has 0 aliphatic rings. The van der Waals surface area contributed by atoms with Gasteiger partial charge in [-0.3, -0.25) is 0 Å². The Morgan fingerprint density at radius 2 is 1.85 bits per heavy atom. The Labute approximate surface area is 76.5 Å². The van der Waals surface area contributed by atoms with Crippen molar-refractivity contribution in [3.05, 3.63) is 17.9 Å². The van der Waals surface area contributed by atoms with E-state index in [1.54, 1.807) is 0 Å². The quantitative estimate of drug-likeness (QED) is 0.688. The maximum atomic E-state index is 12.9. The van der Waals surface area contributed by atoms with Gasteiger partial charge in [-0.25, -0.2) is 4.39 Å². The van der Waals surface area contributed by atoms with Crippen LogP contribution in [0.3, 0.4) is 0 Å². The van der Waals surface area contributed by atoms with Gasteiger partial charge in [0.1, 0.15) is 11.6 Å². The summed E-state index contributed by atoms with van der Waals surface area (Å²) in [6, 6.07) is 2.55. The highest BCUT2D eigenvalue weighted by molar-refractivity contribution is 5.61. The molecule has 0 bridgehead atoms. The molecule has 0 saturated carbocycles. The van der Waals surface area contributed by atoms with Gasteiger partial charge in [-0.2, -0.15) is 0 Å². The van der Waals surface area contributed by atoms with Gasteiger partial charge < -0.3 is 16.2 Å². The van der Waals surface area contributed by atoms with Gasteiger partial charge in [0.2, 0.25) is 0 Å². The molecule has 1 aromatic carbocycles. The van der Waals surface area contributed by atoms with Crippen LogP contribution in [0, 0.1) is 5.82 Å². The molecule has 4 heteroatoms. The average molecular weight is 184 g/mol. The first-order valence-electron chi connectivity index (χ1n) is 4.02. The first-order chi connectivity index (χ1) is 6.00. The van der Waals surface area contributed by atoms with Gasteiger partial charge in [0.15, 0.2) is 0 Å². The summed E-state index contributed by atoms with van der Waals surface area (Å²) >= 11 is 0. The minimum atomic E-state index is -0.509. The molecule has 0 aromatic heterocycles. The van der Waals surface area contributed by atoms with Crippen LogP contribution in [0.1, 0.15) is 13.8 Å². The van der Waals surface area contributed by atoms with Crippen molar-refractivity contribution in [2.24, 2.45) is 0 Å². The molecular weight excluding hydrogens is 171 g/mol. The number of halogens is 1. The molecule has 0 fully saturated rings. The van der Waals surface area contributed by atoms with Crippen LogP contribution < -0.4 is 16.2 Å². The molecule has 0 unspecified atom stereocenters. The van der Waals surface area contributed by atoms with E-state index in [4.69, 9.17) is 16.2 Å². The van der Waals surface area contributed by atoms with Crippen LogP contribution in [0.4, 0.5) is 15.8 Å². The predicted molar refractivity (Wildman–Crippen MR) is 51.0 cm³/mol. The van der Waals surface area contributed by atoms with Crippen molar-refractivity contribution in [2.45, 2.75) is 20.0 Å². The number of hydrogen-bond donors (Lipinski definition) is 2. The zero-order valence-electron chi connectivity index (χ0n) is 7.67. The average Bonchev–Trinajstić information content (AvgIpc) is 1.99. The molecule has 0 heterocycles. The van der Waals surface area contributed by atoms with Gasteiger partial charge in [-0.05, 0) is 19.9 Å². The molecule has 1 aromatic rings. The molecule has 1 rings (SSSR count). The van der Waals surface area contributed by atoms with E-state index in [1.165, 1.54) is 12.1 Å². The third kappa shape index (κ3) is 2.24. The lowest BCUT2D eigenvalue weighted by molar-refractivity contribution is 0.243. The molecule has 0 radical (unpaired) electrons. The number of hydrogen-bond acceptors (Lipinski definition) is 3. The van der Waals surface area contributed by atoms with E-state index < -0.39 is 5.82 Å². The lowest BCUT2D eigenvalue weighted by atomic mass is 10.2. The van der Waals surface area contributed by atoms with Gasteiger partial charge in [0.05, 0.1) is 17.5 Å². The Hall–Kier alpha value is -1.45. The van der Waals surface area contributed by atoms with Crippen molar-refractivity contribution in [2.75, 3.05) is 11.5 Å². The molecule has 0 aliphatic heterocycles. The molecule has 0 atom stereocenters. The second kappa shape index (κ2) is 3.51. The zero-order valence-corrected chi connectivity index (χ0v) is 7.67. The fourth-order valence-electron chi connectivity index (χ4n) is 0.945. The number of nitrogen functional groups attached to an aromatic ring is 2. The Morgan fingerprint density at radius 3 is 2.38 bits per heavy atom. The number of ether oxygens (including phenoxy) is 1. The molecular formula is C9H13FN2O. The van der Waals surface area contributed by atoms with Gasteiger partial charge in [-0.1, -0.05) is 0 Å². The monoisotopic (exact) mass is 184 g/mol. The molecule has 4 N–H and O–H groups in total. The van der Waals surface area contributed by atoms with Crippen LogP contribution in [0.25, 0.3) is 0 Å². The lowest BCUT2D eigenvalue weighted by Crippen LogP contribution is -2.08. The van der Waals surface area contributed by atoms with E-state index in [2.05, 4.69) is 0 Å². The number of rotatable bonds is 2. The SMILES string of the molecule is CC(C)Oc1cc(F)c(N)cc1N. The third-order valence-corrected chi connectivity index (χ3v) is 1.49. The fourth-order valence-corrected chi connectivity index (χ4v) is 0.945. The standard InChI is InChI=1S/C9H13FN2O/c1-5(2)13-9-3-6(10)7(11)4-8(9)12/h3-5H,11-12H2,1-2H3. The van der Waals surface area contributed by atoms with Gasteiger partial charge in [-0.15, -0.1) is 0 Å².